The molecule has 94 valence electrons. The molecule has 1 fully saturated rings. The molecule has 4 heteroatoms. The quantitative estimate of drug-likeness (QED) is 0.862. The van der Waals surface area contributed by atoms with Crippen LogP contribution in [0.4, 0.5) is 0 Å². The molecule has 0 radical (unpaired) electrons. The van der Waals surface area contributed by atoms with Crippen molar-refractivity contribution in [2.75, 3.05) is 19.6 Å². The second kappa shape index (κ2) is 6.03. The van der Waals surface area contributed by atoms with E-state index in [0.29, 0.717) is 5.92 Å². The summed E-state index contributed by atoms with van der Waals surface area (Å²) in [7, 11) is 0. The molecule has 1 saturated heterocycles. The van der Waals surface area contributed by atoms with Gasteiger partial charge in [-0.05, 0) is 25.5 Å². The predicted molar refractivity (Wildman–Crippen MR) is 71.9 cm³/mol. The van der Waals surface area contributed by atoms with Crippen molar-refractivity contribution in [3.05, 3.63) is 34.9 Å². The Morgan fingerprint density at radius 1 is 1.41 bits per heavy atom. The van der Waals surface area contributed by atoms with E-state index in [0.717, 1.165) is 36.3 Å². The summed E-state index contributed by atoms with van der Waals surface area (Å²) >= 11 is 0. The number of halogens is 1. The van der Waals surface area contributed by atoms with Gasteiger partial charge in [0, 0.05) is 31.1 Å². The summed E-state index contributed by atoms with van der Waals surface area (Å²) in [5, 5.41) is 6.18. The molecule has 0 saturated carbocycles. The monoisotopic (exact) mass is 254 g/mol. The molecular formula is C13H19ClN2O. The summed E-state index contributed by atoms with van der Waals surface area (Å²) in [6.45, 7) is 6.80. The number of nitrogens with one attached hydrogen (secondary N) is 2. The molecule has 1 aromatic rings. The molecule has 0 aliphatic carbocycles. The van der Waals surface area contributed by atoms with E-state index in [4.69, 9.17) is 0 Å². The van der Waals surface area contributed by atoms with Gasteiger partial charge in [0.05, 0.1) is 0 Å². The summed E-state index contributed by atoms with van der Waals surface area (Å²) in [4.78, 5) is 11.9. The lowest BCUT2D eigenvalue weighted by atomic mass is 10.0. The number of hydrogen-bond acceptors (Lipinski definition) is 2. The zero-order valence-electron chi connectivity index (χ0n) is 10.2. The van der Waals surface area contributed by atoms with Gasteiger partial charge in [0.1, 0.15) is 0 Å². The first-order chi connectivity index (χ1) is 7.66. The molecular weight excluding hydrogens is 236 g/mol. The van der Waals surface area contributed by atoms with Crippen molar-refractivity contribution < 1.29 is 4.79 Å². The van der Waals surface area contributed by atoms with E-state index < -0.39 is 0 Å². The molecule has 1 heterocycles. The van der Waals surface area contributed by atoms with Gasteiger partial charge in [-0.15, -0.1) is 12.4 Å². The number of carbonyl (C=O) groups excluding carboxylic acids is 1. The number of rotatable bonds is 3. The zero-order valence-corrected chi connectivity index (χ0v) is 11.1. The summed E-state index contributed by atoms with van der Waals surface area (Å²) in [6, 6.07) is 5.97. The summed E-state index contributed by atoms with van der Waals surface area (Å²) < 4.78 is 0. The molecule has 1 aromatic carbocycles. The minimum Gasteiger partial charge on any atom is -0.352 e. The van der Waals surface area contributed by atoms with E-state index in [1.807, 2.05) is 32.0 Å². The van der Waals surface area contributed by atoms with E-state index >= 15 is 0 Å². The average molecular weight is 255 g/mol. The van der Waals surface area contributed by atoms with Crippen molar-refractivity contribution in [2.45, 2.75) is 13.8 Å². The van der Waals surface area contributed by atoms with Gasteiger partial charge in [0.2, 0.25) is 0 Å². The Balaban J connectivity index is 0.00000144. The molecule has 0 unspecified atom stereocenters. The number of benzene rings is 1. The zero-order chi connectivity index (χ0) is 11.5. The van der Waals surface area contributed by atoms with Crippen LogP contribution in [0.5, 0.6) is 0 Å². The lowest BCUT2D eigenvalue weighted by Crippen LogP contribution is -2.48. The highest BCUT2D eigenvalue weighted by Crippen LogP contribution is 2.10. The average Bonchev–Trinajstić information content (AvgIpc) is 2.19. The van der Waals surface area contributed by atoms with Crippen molar-refractivity contribution in [1.29, 1.82) is 0 Å². The van der Waals surface area contributed by atoms with E-state index in [-0.39, 0.29) is 18.3 Å². The van der Waals surface area contributed by atoms with Crippen LogP contribution in [0.1, 0.15) is 21.5 Å². The van der Waals surface area contributed by atoms with Gasteiger partial charge in [0.25, 0.3) is 5.91 Å². The minimum absolute atomic E-state index is 0. The summed E-state index contributed by atoms with van der Waals surface area (Å²) in [6.07, 6.45) is 0. The molecule has 1 amide bonds. The molecule has 17 heavy (non-hydrogen) atoms. The molecule has 0 bridgehead atoms. The van der Waals surface area contributed by atoms with Crippen LogP contribution in [0.2, 0.25) is 0 Å². The highest BCUT2D eigenvalue weighted by atomic mass is 35.5. The molecule has 0 atom stereocenters. The van der Waals surface area contributed by atoms with Crippen LogP contribution >= 0.6 is 12.4 Å². The van der Waals surface area contributed by atoms with Crippen molar-refractivity contribution in [1.82, 2.24) is 10.6 Å². The Bertz CT molecular complexity index is 402. The van der Waals surface area contributed by atoms with Crippen LogP contribution < -0.4 is 10.6 Å². The topological polar surface area (TPSA) is 41.1 Å². The fraction of sp³-hybridized carbons (Fsp3) is 0.462. The Kier molecular flexibility index (Phi) is 4.97. The van der Waals surface area contributed by atoms with Gasteiger partial charge in [-0.1, -0.05) is 17.7 Å². The Hall–Kier alpha value is -1.06. The predicted octanol–water partition coefficient (Wildman–Crippen LogP) is 1.67. The molecule has 1 aliphatic rings. The maximum atomic E-state index is 11.9. The largest absolute Gasteiger partial charge is 0.352 e. The van der Waals surface area contributed by atoms with Gasteiger partial charge < -0.3 is 10.6 Å². The SMILES string of the molecule is Cc1ccc(C)c(C(=O)NCC2CNC2)c1.Cl. The summed E-state index contributed by atoms with van der Waals surface area (Å²) in [5.41, 5.74) is 2.96. The molecule has 3 nitrogen and oxygen atoms in total. The molecule has 2 rings (SSSR count). The lowest BCUT2D eigenvalue weighted by molar-refractivity contribution is 0.0941. The van der Waals surface area contributed by atoms with E-state index in [1.165, 1.54) is 0 Å². The highest BCUT2D eigenvalue weighted by Gasteiger charge is 2.18. The lowest BCUT2D eigenvalue weighted by Gasteiger charge is -2.27. The maximum Gasteiger partial charge on any atom is 0.251 e. The van der Waals surface area contributed by atoms with E-state index in [1.54, 1.807) is 0 Å². The van der Waals surface area contributed by atoms with Crippen molar-refractivity contribution in [3.63, 3.8) is 0 Å². The van der Waals surface area contributed by atoms with Gasteiger partial charge in [-0.3, -0.25) is 4.79 Å². The third kappa shape index (κ3) is 3.45. The van der Waals surface area contributed by atoms with Crippen LogP contribution in [0, 0.1) is 19.8 Å². The first kappa shape index (κ1) is 14.0. The van der Waals surface area contributed by atoms with Crippen LogP contribution in [0.15, 0.2) is 18.2 Å². The summed E-state index contributed by atoms with van der Waals surface area (Å²) in [5.74, 6) is 0.655. The fourth-order valence-corrected chi connectivity index (χ4v) is 1.81. The van der Waals surface area contributed by atoms with E-state index in [2.05, 4.69) is 10.6 Å². The van der Waals surface area contributed by atoms with Gasteiger partial charge >= 0.3 is 0 Å². The number of carbonyl (C=O) groups is 1. The van der Waals surface area contributed by atoms with Crippen molar-refractivity contribution >= 4 is 18.3 Å². The number of aryl methyl sites for hydroxylation is 2. The van der Waals surface area contributed by atoms with Crippen LogP contribution in [-0.4, -0.2) is 25.5 Å². The minimum atomic E-state index is 0. The first-order valence-corrected chi connectivity index (χ1v) is 5.73. The number of hydrogen-bond donors (Lipinski definition) is 2. The second-order valence-electron chi connectivity index (χ2n) is 4.55. The second-order valence-corrected chi connectivity index (χ2v) is 4.55. The Morgan fingerprint density at radius 2 is 2.12 bits per heavy atom. The maximum absolute atomic E-state index is 11.9. The standard InChI is InChI=1S/C13H18N2O.ClH/c1-9-3-4-10(2)12(5-9)13(16)15-8-11-6-14-7-11;/h3-5,11,14H,6-8H2,1-2H3,(H,15,16);1H. The normalized spacial score (nSPS) is 14.7. The third-order valence-corrected chi connectivity index (χ3v) is 3.06. The molecule has 0 aromatic heterocycles. The Morgan fingerprint density at radius 3 is 2.71 bits per heavy atom. The van der Waals surface area contributed by atoms with Crippen LogP contribution in [-0.2, 0) is 0 Å². The Labute approximate surface area is 108 Å². The van der Waals surface area contributed by atoms with Crippen molar-refractivity contribution in [3.8, 4) is 0 Å². The van der Waals surface area contributed by atoms with Crippen molar-refractivity contribution in [2.24, 2.45) is 5.92 Å². The fourth-order valence-electron chi connectivity index (χ4n) is 1.81. The van der Waals surface area contributed by atoms with Gasteiger partial charge in [-0.2, -0.15) is 0 Å². The highest BCUT2D eigenvalue weighted by molar-refractivity contribution is 5.95. The van der Waals surface area contributed by atoms with Gasteiger partial charge in [0.15, 0.2) is 0 Å². The van der Waals surface area contributed by atoms with Crippen LogP contribution in [0.25, 0.3) is 0 Å². The number of amides is 1. The molecule has 2 N–H and O–H groups in total. The smallest absolute Gasteiger partial charge is 0.251 e. The molecule has 1 aliphatic heterocycles. The van der Waals surface area contributed by atoms with Gasteiger partial charge in [-0.25, -0.2) is 0 Å². The third-order valence-electron chi connectivity index (χ3n) is 3.06. The molecule has 0 spiro atoms. The first-order valence-electron chi connectivity index (χ1n) is 5.73. The van der Waals surface area contributed by atoms with E-state index in [9.17, 15) is 4.79 Å². The van der Waals surface area contributed by atoms with Crippen LogP contribution in [0.3, 0.4) is 0 Å².